The normalized spacial score (nSPS) is 13.8. The van der Waals surface area contributed by atoms with Crippen LogP contribution in [-0.4, -0.2) is 41.1 Å². The van der Waals surface area contributed by atoms with E-state index in [4.69, 9.17) is 0 Å². The van der Waals surface area contributed by atoms with Crippen LogP contribution in [0.4, 0.5) is 5.13 Å². The third-order valence-corrected chi connectivity index (χ3v) is 3.61. The van der Waals surface area contributed by atoms with Crippen LogP contribution >= 0.6 is 11.3 Å². The zero-order chi connectivity index (χ0) is 14.4. The Balaban J connectivity index is 1.68. The zero-order valence-corrected chi connectivity index (χ0v) is 12.3. The number of nitrogens with one attached hydrogen (secondary N) is 3. The predicted octanol–water partition coefficient (Wildman–Crippen LogP) is 0.758. The predicted molar refractivity (Wildman–Crippen MR) is 76.8 cm³/mol. The Kier molecular flexibility index (Phi) is 5.28. The molecule has 1 fully saturated rings. The fourth-order valence-electron chi connectivity index (χ4n) is 1.51. The highest BCUT2D eigenvalue weighted by atomic mass is 32.1. The van der Waals surface area contributed by atoms with Gasteiger partial charge in [-0.2, -0.15) is 0 Å². The third kappa shape index (κ3) is 4.76. The van der Waals surface area contributed by atoms with E-state index in [-0.39, 0.29) is 11.8 Å². The van der Waals surface area contributed by atoms with Crippen molar-refractivity contribution in [1.82, 2.24) is 20.8 Å². The van der Waals surface area contributed by atoms with E-state index in [0.717, 1.165) is 25.8 Å². The summed E-state index contributed by atoms with van der Waals surface area (Å²) in [7, 11) is 0. The molecule has 0 radical (unpaired) electrons. The van der Waals surface area contributed by atoms with E-state index in [1.54, 1.807) is 0 Å². The average Bonchev–Trinajstić information content (AvgIpc) is 3.10. The second-order valence-electron chi connectivity index (χ2n) is 4.69. The van der Waals surface area contributed by atoms with Crippen LogP contribution in [0.1, 0.15) is 42.4 Å². The Morgan fingerprint density at radius 3 is 2.80 bits per heavy atom. The van der Waals surface area contributed by atoms with Crippen molar-refractivity contribution in [3.63, 3.8) is 0 Å². The van der Waals surface area contributed by atoms with Crippen LogP contribution in [0, 0.1) is 0 Å². The molecule has 7 nitrogen and oxygen atoms in total. The molecule has 1 heterocycles. The quantitative estimate of drug-likeness (QED) is 0.658. The van der Waals surface area contributed by atoms with E-state index in [0.29, 0.717) is 29.1 Å². The molecule has 1 aliphatic carbocycles. The van der Waals surface area contributed by atoms with Crippen LogP contribution < -0.4 is 16.0 Å². The van der Waals surface area contributed by atoms with Gasteiger partial charge in [0.05, 0.1) is 0 Å². The van der Waals surface area contributed by atoms with Crippen molar-refractivity contribution in [2.75, 3.05) is 18.4 Å². The average molecular weight is 297 g/mol. The third-order valence-electron chi connectivity index (χ3n) is 2.73. The minimum absolute atomic E-state index is 0.0182. The maximum absolute atomic E-state index is 11.8. The first-order chi connectivity index (χ1) is 9.69. The van der Waals surface area contributed by atoms with Crippen molar-refractivity contribution >= 4 is 28.3 Å². The van der Waals surface area contributed by atoms with Crippen molar-refractivity contribution in [3.8, 4) is 0 Å². The Labute approximate surface area is 121 Å². The van der Waals surface area contributed by atoms with Gasteiger partial charge in [-0.3, -0.25) is 9.59 Å². The number of anilines is 1. The van der Waals surface area contributed by atoms with E-state index >= 15 is 0 Å². The smallest absolute Gasteiger partial charge is 0.282 e. The number of carbonyl (C=O) groups excluding carboxylic acids is 2. The molecule has 1 aromatic heterocycles. The van der Waals surface area contributed by atoms with Gasteiger partial charge >= 0.3 is 0 Å². The monoisotopic (exact) mass is 297 g/mol. The summed E-state index contributed by atoms with van der Waals surface area (Å²) >= 11 is 1.21. The zero-order valence-electron chi connectivity index (χ0n) is 11.4. The van der Waals surface area contributed by atoms with Gasteiger partial charge in [-0.1, -0.05) is 18.3 Å². The molecule has 0 aromatic carbocycles. The minimum atomic E-state index is -0.286. The van der Waals surface area contributed by atoms with Gasteiger partial charge in [0, 0.05) is 25.6 Å². The molecule has 0 unspecified atom stereocenters. The maximum atomic E-state index is 11.8. The highest BCUT2D eigenvalue weighted by Crippen LogP contribution is 2.18. The molecular formula is C12H19N5O2S. The van der Waals surface area contributed by atoms with Gasteiger partial charge in [0.2, 0.25) is 16.0 Å². The van der Waals surface area contributed by atoms with Gasteiger partial charge < -0.3 is 16.0 Å². The first kappa shape index (κ1) is 14.7. The molecule has 0 atom stereocenters. The molecule has 0 spiro atoms. The number of aromatic nitrogens is 2. The molecule has 3 N–H and O–H groups in total. The molecule has 1 saturated carbocycles. The van der Waals surface area contributed by atoms with Crippen LogP contribution in [0.3, 0.4) is 0 Å². The Morgan fingerprint density at radius 2 is 2.10 bits per heavy atom. The first-order valence-corrected chi connectivity index (χ1v) is 7.65. The summed E-state index contributed by atoms with van der Waals surface area (Å²) in [5, 5.41) is 17.3. The molecule has 0 aliphatic heterocycles. The van der Waals surface area contributed by atoms with E-state index in [2.05, 4.69) is 26.1 Å². The van der Waals surface area contributed by atoms with Crippen LogP contribution in [0.25, 0.3) is 0 Å². The molecule has 0 saturated heterocycles. The molecule has 110 valence electrons. The molecule has 20 heavy (non-hydrogen) atoms. The Morgan fingerprint density at radius 1 is 1.30 bits per heavy atom. The van der Waals surface area contributed by atoms with Crippen LogP contribution in [0.15, 0.2) is 0 Å². The summed E-state index contributed by atoms with van der Waals surface area (Å²) < 4.78 is 0. The first-order valence-electron chi connectivity index (χ1n) is 6.84. The maximum Gasteiger partial charge on any atom is 0.282 e. The van der Waals surface area contributed by atoms with E-state index in [1.807, 2.05) is 6.92 Å². The Hall–Kier alpha value is -1.70. The van der Waals surface area contributed by atoms with Crippen molar-refractivity contribution in [3.05, 3.63) is 5.01 Å². The Bertz CT molecular complexity index is 472. The van der Waals surface area contributed by atoms with Crippen molar-refractivity contribution in [2.45, 2.75) is 38.6 Å². The largest absolute Gasteiger partial charge is 0.360 e. The fraction of sp³-hybridized carbons (Fsp3) is 0.667. The van der Waals surface area contributed by atoms with Gasteiger partial charge in [-0.15, -0.1) is 10.2 Å². The lowest BCUT2D eigenvalue weighted by Gasteiger charge is -2.03. The summed E-state index contributed by atoms with van der Waals surface area (Å²) in [6, 6.07) is 0.355. The highest BCUT2D eigenvalue weighted by molar-refractivity contribution is 7.17. The molecule has 1 aromatic rings. The number of hydrogen-bond acceptors (Lipinski definition) is 6. The number of amides is 2. The summed E-state index contributed by atoms with van der Waals surface area (Å²) in [6.45, 7) is 3.17. The van der Waals surface area contributed by atoms with Gasteiger partial charge in [-0.05, 0) is 19.3 Å². The van der Waals surface area contributed by atoms with Crippen LogP contribution in [0.2, 0.25) is 0 Å². The van der Waals surface area contributed by atoms with Crippen LogP contribution in [-0.2, 0) is 4.79 Å². The van der Waals surface area contributed by atoms with Gasteiger partial charge in [-0.25, -0.2) is 0 Å². The lowest BCUT2D eigenvalue weighted by atomic mass is 10.4. The minimum Gasteiger partial charge on any atom is -0.360 e. The lowest BCUT2D eigenvalue weighted by Crippen LogP contribution is -2.31. The highest BCUT2D eigenvalue weighted by Gasteiger charge is 2.23. The fourth-order valence-corrected chi connectivity index (χ4v) is 2.20. The molecular weight excluding hydrogens is 278 g/mol. The molecule has 1 aliphatic rings. The SMILES string of the molecule is CCCNc1nnc(C(=O)NCCC(=O)NC2CC2)s1. The molecule has 8 heteroatoms. The second-order valence-corrected chi connectivity index (χ2v) is 5.66. The van der Waals surface area contributed by atoms with Crippen LogP contribution in [0.5, 0.6) is 0 Å². The molecule has 2 amide bonds. The van der Waals surface area contributed by atoms with E-state index in [9.17, 15) is 9.59 Å². The summed E-state index contributed by atoms with van der Waals surface area (Å²) in [5.41, 5.74) is 0. The van der Waals surface area contributed by atoms with E-state index in [1.165, 1.54) is 11.3 Å². The summed E-state index contributed by atoms with van der Waals surface area (Å²) in [4.78, 5) is 23.2. The molecule has 2 rings (SSSR count). The second kappa shape index (κ2) is 7.18. The van der Waals surface area contributed by atoms with Crippen molar-refractivity contribution in [2.24, 2.45) is 0 Å². The summed E-state index contributed by atoms with van der Waals surface area (Å²) in [6.07, 6.45) is 3.41. The van der Waals surface area contributed by atoms with Gasteiger partial charge in [0.1, 0.15) is 0 Å². The number of carbonyl (C=O) groups is 2. The lowest BCUT2D eigenvalue weighted by molar-refractivity contribution is -0.121. The number of hydrogen-bond donors (Lipinski definition) is 3. The standard InChI is InChI=1S/C12H19N5O2S/c1-2-6-14-12-17-16-11(20-12)10(19)13-7-5-9(18)15-8-3-4-8/h8H,2-7H2,1H3,(H,13,19)(H,14,17)(H,15,18). The van der Waals surface area contributed by atoms with Crippen molar-refractivity contribution in [1.29, 1.82) is 0 Å². The van der Waals surface area contributed by atoms with E-state index < -0.39 is 0 Å². The number of nitrogens with zero attached hydrogens (tertiary/aromatic N) is 2. The van der Waals surface area contributed by atoms with Gasteiger partial charge in [0.25, 0.3) is 5.91 Å². The number of rotatable bonds is 8. The molecule has 0 bridgehead atoms. The van der Waals surface area contributed by atoms with Gasteiger partial charge in [0.15, 0.2) is 0 Å². The van der Waals surface area contributed by atoms with Crippen molar-refractivity contribution < 1.29 is 9.59 Å². The topological polar surface area (TPSA) is 96.0 Å². The summed E-state index contributed by atoms with van der Waals surface area (Å²) in [5.74, 6) is -0.304.